The monoisotopic (exact) mass is 293 g/mol. The van der Waals surface area contributed by atoms with Crippen molar-refractivity contribution in [2.45, 2.75) is 18.9 Å². The smallest absolute Gasteiger partial charge is 0.334 e. The molecule has 0 aromatic heterocycles. The number of fused-ring (bicyclic) bond motifs is 1. The molecule has 1 aliphatic rings. The maximum absolute atomic E-state index is 12.2. The molecule has 0 radical (unpaired) electrons. The SMILES string of the molecule is C=C[C@@H]1C[C@]1(N=Cc1cccc2ccccc12)C(=O)OCC. The van der Waals surface area contributed by atoms with Crippen LogP contribution in [0.2, 0.25) is 0 Å². The van der Waals surface area contributed by atoms with E-state index in [1.54, 1.807) is 12.3 Å². The predicted octanol–water partition coefficient (Wildman–Crippen LogP) is 3.77. The van der Waals surface area contributed by atoms with Crippen molar-refractivity contribution in [3.05, 3.63) is 60.7 Å². The van der Waals surface area contributed by atoms with Crippen molar-refractivity contribution >= 4 is 23.0 Å². The molecule has 1 aliphatic carbocycles. The molecule has 0 saturated heterocycles. The molecule has 0 spiro atoms. The lowest BCUT2D eigenvalue weighted by Crippen LogP contribution is -2.25. The van der Waals surface area contributed by atoms with Gasteiger partial charge in [0.25, 0.3) is 0 Å². The zero-order valence-electron chi connectivity index (χ0n) is 12.7. The van der Waals surface area contributed by atoms with Gasteiger partial charge in [0.15, 0.2) is 5.54 Å². The molecule has 3 nitrogen and oxygen atoms in total. The molecule has 112 valence electrons. The molecule has 3 rings (SSSR count). The van der Waals surface area contributed by atoms with Crippen LogP contribution < -0.4 is 0 Å². The number of ether oxygens (including phenoxy) is 1. The number of benzene rings is 2. The second kappa shape index (κ2) is 5.76. The van der Waals surface area contributed by atoms with Gasteiger partial charge in [0, 0.05) is 17.7 Å². The minimum Gasteiger partial charge on any atom is -0.464 e. The molecule has 1 saturated carbocycles. The zero-order valence-corrected chi connectivity index (χ0v) is 12.7. The molecule has 0 aliphatic heterocycles. The van der Waals surface area contributed by atoms with Gasteiger partial charge < -0.3 is 4.74 Å². The van der Waals surface area contributed by atoms with E-state index in [9.17, 15) is 4.79 Å². The molecule has 2 aromatic carbocycles. The van der Waals surface area contributed by atoms with Crippen LogP contribution in [-0.2, 0) is 9.53 Å². The molecular formula is C19H19NO2. The topological polar surface area (TPSA) is 38.7 Å². The Bertz CT molecular complexity index is 745. The standard InChI is InChI=1S/C19H19NO2/c1-3-16-12-19(16,18(21)22-4-2)20-13-15-10-7-9-14-8-5-6-11-17(14)15/h3,5-11,13,16H,1,4,12H2,2H3/t16-,19-/m1/s1. The molecular weight excluding hydrogens is 274 g/mol. The third-order valence-electron chi connectivity index (χ3n) is 4.16. The summed E-state index contributed by atoms with van der Waals surface area (Å²) in [7, 11) is 0. The first-order valence-corrected chi connectivity index (χ1v) is 7.54. The number of hydrogen-bond donors (Lipinski definition) is 0. The Kier molecular flexibility index (Phi) is 3.80. The van der Waals surface area contributed by atoms with Gasteiger partial charge in [-0.05, 0) is 24.1 Å². The molecule has 2 atom stereocenters. The Morgan fingerprint density at radius 2 is 2.14 bits per heavy atom. The number of nitrogens with zero attached hydrogens (tertiary/aromatic N) is 1. The second-order valence-corrected chi connectivity index (χ2v) is 5.52. The Morgan fingerprint density at radius 1 is 1.36 bits per heavy atom. The zero-order chi connectivity index (χ0) is 15.6. The van der Waals surface area contributed by atoms with E-state index in [0.29, 0.717) is 13.0 Å². The average Bonchev–Trinajstić information content (AvgIpc) is 3.28. The highest BCUT2D eigenvalue weighted by molar-refractivity contribution is 6.01. The Hall–Kier alpha value is -2.42. The quantitative estimate of drug-likeness (QED) is 0.478. The van der Waals surface area contributed by atoms with Crippen molar-refractivity contribution in [1.29, 1.82) is 0 Å². The highest BCUT2D eigenvalue weighted by Crippen LogP contribution is 2.49. The fourth-order valence-corrected chi connectivity index (χ4v) is 2.79. The van der Waals surface area contributed by atoms with Crippen LogP contribution in [0, 0.1) is 5.92 Å². The van der Waals surface area contributed by atoms with Crippen molar-refractivity contribution in [2.75, 3.05) is 6.61 Å². The normalized spacial score (nSPS) is 23.6. The number of aliphatic imine (C=N–C) groups is 1. The lowest BCUT2D eigenvalue weighted by atomic mass is 10.1. The van der Waals surface area contributed by atoms with Crippen LogP contribution in [-0.4, -0.2) is 24.3 Å². The van der Waals surface area contributed by atoms with Crippen LogP contribution in [0.4, 0.5) is 0 Å². The molecule has 0 unspecified atom stereocenters. The number of carbonyl (C=O) groups excluding carboxylic acids is 1. The van der Waals surface area contributed by atoms with Crippen molar-refractivity contribution in [1.82, 2.24) is 0 Å². The van der Waals surface area contributed by atoms with Gasteiger partial charge in [0.05, 0.1) is 6.61 Å². The van der Waals surface area contributed by atoms with E-state index in [1.165, 1.54) is 0 Å². The van der Waals surface area contributed by atoms with Gasteiger partial charge in [-0.25, -0.2) is 4.79 Å². The van der Waals surface area contributed by atoms with Crippen molar-refractivity contribution < 1.29 is 9.53 Å². The van der Waals surface area contributed by atoms with E-state index in [2.05, 4.69) is 29.8 Å². The largest absolute Gasteiger partial charge is 0.464 e. The lowest BCUT2D eigenvalue weighted by Gasteiger charge is -2.10. The Morgan fingerprint density at radius 3 is 2.86 bits per heavy atom. The highest BCUT2D eigenvalue weighted by Gasteiger charge is 2.60. The molecule has 0 bridgehead atoms. The van der Waals surface area contributed by atoms with Crippen LogP contribution in [0.25, 0.3) is 10.8 Å². The molecule has 0 heterocycles. The predicted molar refractivity (Wildman–Crippen MR) is 89.2 cm³/mol. The first kappa shape index (κ1) is 14.5. The molecule has 2 aromatic rings. The molecule has 22 heavy (non-hydrogen) atoms. The maximum Gasteiger partial charge on any atom is 0.334 e. The van der Waals surface area contributed by atoms with E-state index in [4.69, 9.17) is 4.74 Å². The van der Waals surface area contributed by atoms with Gasteiger partial charge in [0.1, 0.15) is 0 Å². The summed E-state index contributed by atoms with van der Waals surface area (Å²) in [6.45, 7) is 5.96. The molecule has 3 heteroatoms. The van der Waals surface area contributed by atoms with E-state index in [1.807, 2.05) is 31.2 Å². The highest BCUT2D eigenvalue weighted by atomic mass is 16.5. The van der Waals surface area contributed by atoms with Gasteiger partial charge >= 0.3 is 5.97 Å². The maximum atomic E-state index is 12.2. The first-order valence-electron chi connectivity index (χ1n) is 7.54. The number of carbonyl (C=O) groups is 1. The van der Waals surface area contributed by atoms with E-state index in [-0.39, 0.29) is 11.9 Å². The third kappa shape index (κ3) is 2.43. The van der Waals surface area contributed by atoms with E-state index in [0.717, 1.165) is 16.3 Å². The summed E-state index contributed by atoms with van der Waals surface area (Å²) in [6.07, 6.45) is 4.26. The summed E-state index contributed by atoms with van der Waals surface area (Å²) in [5.41, 5.74) is 0.241. The fourth-order valence-electron chi connectivity index (χ4n) is 2.79. The van der Waals surface area contributed by atoms with Crippen molar-refractivity contribution in [3.63, 3.8) is 0 Å². The number of rotatable bonds is 5. The minimum absolute atomic E-state index is 0.0674. The third-order valence-corrected chi connectivity index (χ3v) is 4.16. The summed E-state index contributed by atoms with van der Waals surface area (Å²) in [5, 5.41) is 2.29. The summed E-state index contributed by atoms with van der Waals surface area (Å²) in [6, 6.07) is 14.2. The molecule has 0 amide bonds. The van der Waals surface area contributed by atoms with E-state index < -0.39 is 5.54 Å². The fraction of sp³-hybridized carbons (Fsp3) is 0.263. The minimum atomic E-state index is -0.769. The lowest BCUT2D eigenvalue weighted by molar-refractivity contribution is -0.146. The van der Waals surface area contributed by atoms with Crippen molar-refractivity contribution in [3.8, 4) is 0 Å². The van der Waals surface area contributed by atoms with E-state index >= 15 is 0 Å². The second-order valence-electron chi connectivity index (χ2n) is 5.52. The van der Waals surface area contributed by atoms with Crippen LogP contribution in [0.1, 0.15) is 18.9 Å². The molecule has 0 N–H and O–H groups in total. The number of esters is 1. The summed E-state index contributed by atoms with van der Waals surface area (Å²) >= 11 is 0. The average molecular weight is 293 g/mol. The van der Waals surface area contributed by atoms with Gasteiger partial charge in [-0.15, -0.1) is 6.58 Å². The first-order chi connectivity index (χ1) is 10.7. The number of hydrogen-bond acceptors (Lipinski definition) is 3. The van der Waals surface area contributed by atoms with Crippen molar-refractivity contribution in [2.24, 2.45) is 10.9 Å². The molecule has 1 fully saturated rings. The summed E-state index contributed by atoms with van der Waals surface area (Å²) in [4.78, 5) is 16.8. The van der Waals surface area contributed by atoms with Crippen LogP contribution in [0.15, 0.2) is 60.1 Å². The van der Waals surface area contributed by atoms with Gasteiger partial charge in [-0.2, -0.15) is 0 Å². The van der Waals surface area contributed by atoms with Gasteiger partial charge in [-0.3, -0.25) is 4.99 Å². The van der Waals surface area contributed by atoms with Crippen LogP contribution in [0.5, 0.6) is 0 Å². The van der Waals surface area contributed by atoms with Gasteiger partial charge in [0.2, 0.25) is 0 Å². The Labute approximate surface area is 130 Å². The summed E-state index contributed by atoms with van der Waals surface area (Å²) in [5.74, 6) is -0.186. The van der Waals surface area contributed by atoms with Crippen LogP contribution >= 0.6 is 0 Å². The van der Waals surface area contributed by atoms with Crippen LogP contribution in [0.3, 0.4) is 0 Å². The Balaban J connectivity index is 1.94. The van der Waals surface area contributed by atoms with Gasteiger partial charge in [-0.1, -0.05) is 48.5 Å². The summed E-state index contributed by atoms with van der Waals surface area (Å²) < 4.78 is 5.18.